The molecule has 1 unspecified atom stereocenters. The van der Waals surface area contributed by atoms with Crippen LogP contribution in [0.5, 0.6) is 5.75 Å². The van der Waals surface area contributed by atoms with Crippen molar-refractivity contribution in [3.63, 3.8) is 0 Å². The van der Waals surface area contributed by atoms with E-state index in [9.17, 15) is 0 Å². The molecular formula is C15H24N2OS. The highest BCUT2D eigenvalue weighted by atomic mass is 32.2. The zero-order chi connectivity index (χ0) is 13.5. The van der Waals surface area contributed by atoms with Gasteiger partial charge in [-0.15, -0.1) is 0 Å². The zero-order valence-electron chi connectivity index (χ0n) is 11.7. The molecule has 2 N–H and O–H groups in total. The van der Waals surface area contributed by atoms with Crippen LogP contribution in [0.2, 0.25) is 0 Å². The molecule has 0 saturated carbocycles. The van der Waals surface area contributed by atoms with Crippen LogP contribution in [0, 0.1) is 0 Å². The van der Waals surface area contributed by atoms with Crippen molar-refractivity contribution in [1.82, 2.24) is 4.90 Å². The van der Waals surface area contributed by atoms with Crippen molar-refractivity contribution in [3.8, 4) is 5.75 Å². The molecular weight excluding hydrogens is 256 g/mol. The third kappa shape index (κ3) is 4.71. The molecule has 1 atom stereocenters. The number of nitrogens with zero attached hydrogens (tertiary/aromatic N) is 1. The highest BCUT2D eigenvalue weighted by molar-refractivity contribution is 7.99. The molecule has 1 heterocycles. The summed E-state index contributed by atoms with van der Waals surface area (Å²) in [4.78, 5) is 2.51. The van der Waals surface area contributed by atoms with E-state index in [1.807, 2.05) is 12.1 Å². The Hall–Kier alpha value is -0.710. The van der Waals surface area contributed by atoms with Crippen molar-refractivity contribution in [2.75, 3.05) is 37.7 Å². The lowest BCUT2D eigenvalue weighted by Gasteiger charge is -2.32. The van der Waals surface area contributed by atoms with Crippen LogP contribution in [0.1, 0.15) is 12.5 Å². The summed E-state index contributed by atoms with van der Waals surface area (Å²) in [6.07, 6.45) is 0.934. The number of nitrogens with two attached hydrogens (primary N) is 1. The fourth-order valence-electron chi connectivity index (χ4n) is 2.29. The monoisotopic (exact) mass is 280 g/mol. The third-order valence-electron chi connectivity index (χ3n) is 3.51. The molecule has 1 saturated heterocycles. The van der Waals surface area contributed by atoms with Crippen LogP contribution in [0.15, 0.2) is 24.3 Å². The Balaban J connectivity index is 1.72. The molecule has 0 radical (unpaired) electrons. The lowest BCUT2D eigenvalue weighted by molar-refractivity contribution is 0.183. The van der Waals surface area contributed by atoms with Crippen molar-refractivity contribution in [2.24, 2.45) is 5.73 Å². The first kappa shape index (κ1) is 14.7. The molecule has 0 bridgehead atoms. The molecule has 0 spiro atoms. The van der Waals surface area contributed by atoms with E-state index in [1.165, 1.54) is 23.6 Å². The highest BCUT2D eigenvalue weighted by Crippen LogP contribution is 2.16. The van der Waals surface area contributed by atoms with E-state index in [-0.39, 0.29) is 0 Å². The van der Waals surface area contributed by atoms with Gasteiger partial charge in [-0.2, -0.15) is 11.8 Å². The lowest BCUT2D eigenvalue weighted by atomic mass is 10.1. The summed E-state index contributed by atoms with van der Waals surface area (Å²) in [5, 5.41) is 0. The summed E-state index contributed by atoms with van der Waals surface area (Å²) in [6, 6.07) is 8.96. The van der Waals surface area contributed by atoms with Gasteiger partial charge in [0.25, 0.3) is 0 Å². The fourth-order valence-corrected chi connectivity index (χ4v) is 3.38. The van der Waals surface area contributed by atoms with Crippen LogP contribution in [0.3, 0.4) is 0 Å². The van der Waals surface area contributed by atoms with Gasteiger partial charge in [-0.1, -0.05) is 12.1 Å². The zero-order valence-corrected chi connectivity index (χ0v) is 12.5. The predicted molar refractivity (Wildman–Crippen MR) is 83.1 cm³/mol. The Labute approximate surface area is 120 Å². The van der Waals surface area contributed by atoms with Gasteiger partial charge in [-0.25, -0.2) is 0 Å². The molecule has 19 heavy (non-hydrogen) atoms. The minimum absolute atomic E-state index is 0.675. The molecule has 0 aliphatic carbocycles. The maximum absolute atomic E-state index is 5.81. The molecule has 0 amide bonds. The Morgan fingerprint density at radius 2 is 2.16 bits per heavy atom. The van der Waals surface area contributed by atoms with Crippen LogP contribution >= 0.6 is 11.8 Å². The average Bonchev–Trinajstić information content (AvgIpc) is 2.43. The van der Waals surface area contributed by atoms with Crippen molar-refractivity contribution in [1.29, 1.82) is 0 Å². The summed E-state index contributed by atoms with van der Waals surface area (Å²) < 4.78 is 5.81. The van der Waals surface area contributed by atoms with Crippen LogP contribution < -0.4 is 10.5 Å². The predicted octanol–water partition coefficient (Wildman–Crippen LogP) is 2.00. The quantitative estimate of drug-likeness (QED) is 0.865. The summed E-state index contributed by atoms with van der Waals surface area (Å²) in [7, 11) is 0. The standard InChI is InChI=1S/C15H24N2OS/c1-13-12-19-11-9-17(13)8-10-18-15-4-2-14(3-5-15)6-7-16/h2-5,13H,6-12,16H2,1H3. The average molecular weight is 280 g/mol. The van der Waals surface area contributed by atoms with E-state index in [4.69, 9.17) is 10.5 Å². The molecule has 1 aliphatic rings. The van der Waals surface area contributed by atoms with Crippen molar-refractivity contribution in [2.45, 2.75) is 19.4 Å². The molecule has 2 rings (SSSR count). The minimum atomic E-state index is 0.675. The normalized spacial score (nSPS) is 20.4. The number of thioether (sulfide) groups is 1. The van der Waals surface area contributed by atoms with Gasteiger partial charge >= 0.3 is 0 Å². The minimum Gasteiger partial charge on any atom is -0.492 e. The molecule has 1 aromatic carbocycles. The first-order valence-electron chi connectivity index (χ1n) is 7.03. The largest absolute Gasteiger partial charge is 0.492 e. The van der Waals surface area contributed by atoms with Gasteiger partial charge in [0.1, 0.15) is 12.4 Å². The second-order valence-corrected chi connectivity index (χ2v) is 6.14. The van der Waals surface area contributed by atoms with E-state index in [0.717, 1.165) is 25.3 Å². The fraction of sp³-hybridized carbons (Fsp3) is 0.600. The molecule has 0 aromatic heterocycles. The van der Waals surface area contributed by atoms with Crippen molar-refractivity contribution < 1.29 is 4.74 Å². The highest BCUT2D eigenvalue weighted by Gasteiger charge is 2.17. The number of hydrogen-bond acceptors (Lipinski definition) is 4. The first-order chi connectivity index (χ1) is 9.29. The van der Waals surface area contributed by atoms with Gasteiger partial charge in [-0.3, -0.25) is 4.90 Å². The Kier molecular flexibility index (Phi) is 6.01. The SMILES string of the molecule is CC1CSCCN1CCOc1ccc(CCN)cc1. The van der Waals surface area contributed by atoms with Gasteiger partial charge in [0.2, 0.25) is 0 Å². The van der Waals surface area contributed by atoms with E-state index >= 15 is 0 Å². The molecule has 1 aliphatic heterocycles. The topological polar surface area (TPSA) is 38.5 Å². The smallest absolute Gasteiger partial charge is 0.119 e. The van der Waals surface area contributed by atoms with Crippen LogP contribution in [0.4, 0.5) is 0 Å². The lowest BCUT2D eigenvalue weighted by Crippen LogP contribution is -2.42. The van der Waals surface area contributed by atoms with Crippen LogP contribution in [-0.2, 0) is 6.42 Å². The molecule has 1 fully saturated rings. The van der Waals surface area contributed by atoms with Gasteiger partial charge < -0.3 is 10.5 Å². The third-order valence-corrected chi connectivity index (χ3v) is 4.70. The van der Waals surface area contributed by atoms with Gasteiger partial charge in [-0.05, 0) is 37.6 Å². The maximum Gasteiger partial charge on any atom is 0.119 e. The molecule has 106 valence electrons. The van der Waals surface area contributed by atoms with Crippen molar-refractivity contribution in [3.05, 3.63) is 29.8 Å². The van der Waals surface area contributed by atoms with Gasteiger partial charge in [0.05, 0.1) is 0 Å². The maximum atomic E-state index is 5.81. The second-order valence-electron chi connectivity index (χ2n) is 4.99. The first-order valence-corrected chi connectivity index (χ1v) is 8.18. The Morgan fingerprint density at radius 3 is 2.84 bits per heavy atom. The van der Waals surface area contributed by atoms with Crippen LogP contribution in [0.25, 0.3) is 0 Å². The van der Waals surface area contributed by atoms with E-state index in [1.54, 1.807) is 0 Å². The summed E-state index contributed by atoms with van der Waals surface area (Å²) >= 11 is 2.05. The van der Waals surface area contributed by atoms with Crippen LogP contribution in [-0.4, -0.2) is 48.7 Å². The number of hydrogen-bond donors (Lipinski definition) is 1. The van der Waals surface area contributed by atoms with Gasteiger partial charge in [0.15, 0.2) is 0 Å². The summed E-state index contributed by atoms with van der Waals surface area (Å²) in [5.74, 6) is 3.45. The Morgan fingerprint density at radius 1 is 1.37 bits per heavy atom. The summed E-state index contributed by atoms with van der Waals surface area (Å²) in [6.45, 7) is 5.97. The van der Waals surface area contributed by atoms with Crippen molar-refractivity contribution >= 4 is 11.8 Å². The second kappa shape index (κ2) is 7.78. The van der Waals surface area contributed by atoms with E-state index in [2.05, 4.69) is 35.7 Å². The number of ether oxygens (including phenoxy) is 1. The van der Waals surface area contributed by atoms with E-state index < -0.39 is 0 Å². The number of benzene rings is 1. The Bertz CT molecular complexity index is 369. The molecule has 1 aromatic rings. The van der Waals surface area contributed by atoms with Gasteiger partial charge in [0, 0.05) is 30.6 Å². The number of rotatable bonds is 6. The summed E-state index contributed by atoms with van der Waals surface area (Å²) in [5.41, 5.74) is 6.81. The molecule has 3 nitrogen and oxygen atoms in total. The molecule has 4 heteroatoms. The van der Waals surface area contributed by atoms with E-state index in [0.29, 0.717) is 12.6 Å².